The summed E-state index contributed by atoms with van der Waals surface area (Å²) in [4.78, 5) is 2.26. The molecule has 1 aliphatic rings. The van der Waals surface area contributed by atoms with Gasteiger partial charge < -0.3 is 4.90 Å². The van der Waals surface area contributed by atoms with Crippen LogP contribution in [0.5, 0.6) is 0 Å². The molecule has 84 valence electrons. The van der Waals surface area contributed by atoms with Gasteiger partial charge in [-0.25, -0.2) is 13.1 Å². The predicted octanol–water partition coefficient (Wildman–Crippen LogP) is 0.444. The molecule has 1 heterocycles. The van der Waals surface area contributed by atoms with E-state index >= 15 is 0 Å². The normalized spacial score (nSPS) is 21.3. The van der Waals surface area contributed by atoms with Crippen LogP contribution in [0.15, 0.2) is 0 Å². The average Bonchev–Trinajstić information content (AvgIpc) is 2.17. The van der Waals surface area contributed by atoms with Crippen molar-refractivity contribution in [3.8, 4) is 0 Å². The van der Waals surface area contributed by atoms with Crippen molar-refractivity contribution in [2.75, 3.05) is 31.9 Å². The molecule has 0 saturated carbocycles. The van der Waals surface area contributed by atoms with Gasteiger partial charge in [-0.05, 0) is 38.9 Å². The van der Waals surface area contributed by atoms with E-state index in [2.05, 4.69) is 16.7 Å². The van der Waals surface area contributed by atoms with E-state index in [9.17, 15) is 8.42 Å². The van der Waals surface area contributed by atoms with Crippen LogP contribution in [0.4, 0.5) is 0 Å². The summed E-state index contributed by atoms with van der Waals surface area (Å²) in [5.41, 5.74) is 0. The van der Waals surface area contributed by atoms with Gasteiger partial charge in [0.2, 0.25) is 10.0 Å². The number of piperidine rings is 1. The first kappa shape index (κ1) is 12.2. The van der Waals surface area contributed by atoms with Gasteiger partial charge in [0.05, 0.1) is 0 Å². The van der Waals surface area contributed by atoms with Crippen LogP contribution in [0, 0.1) is 5.92 Å². The average molecular weight is 241 g/mol. The first-order valence-electron chi connectivity index (χ1n) is 4.75. The minimum atomic E-state index is -3.23. The van der Waals surface area contributed by atoms with Crippen molar-refractivity contribution in [1.82, 2.24) is 9.62 Å². The third-order valence-electron chi connectivity index (χ3n) is 2.57. The zero-order valence-corrected chi connectivity index (χ0v) is 9.94. The molecular formula is C8H17ClN2O2S. The number of nitrogens with zero attached hydrogens (tertiary/aromatic N) is 1. The standard InChI is InChI=1S/C8H17ClN2O2S/c1-11-4-2-8(3-5-11)6-10-14(12,13)7-9/h8,10H,2-7H2,1H3. The third kappa shape index (κ3) is 4.13. The van der Waals surface area contributed by atoms with Gasteiger partial charge in [-0.15, -0.1) is 11.6 Å². The quantitative estimate of drug-likeness (QED) is 0.726. The van der Waals surface area contributed by atoms with Gasteiger partial charge in [0.25, 0.3) is 0 Å². The molecule has 0 aromatic rings. The first-order chi connectivity index (χ1) is 6.53. The molecule has 0 unspecified atom stereocenters. The van der Waals surface area contributed by atoms with Crippen molar-refractivity contribution >= 4 is 21.6 Å². The van der Waals surface area contributed by atoms with Crippen LogP contribution in [0.3, 0.4) is 0 Å². The molecule has 1 rings (SSSR count). The number of nitrogens with one attached hydrogen (secondary N) is 1. The second-order valence-electron chi connectivity index (χ2n) is 3.82. The Bertz CT molecular complexity index is 261. The van der Waals surface area contributed by atoms with Gasteiger partial charge in [-0.1, -0.05) is 0 Å². The minimum absolute atomic E-state index is 0.348. The number of hydrogen-bond acceptors (Lipinski definition) is 3. The number of rotatable bonds is 4. The van der Waals surface area contributed by atoms with E-state index in [0.29, 0.717) is 12.5 Å². The largest absolute Gasteiger partial charge is 0.306 e. The van der Waals surface area contributed by atoms with E-state index in [1.807, 2.05) is 0 Å². The Hall–Kier alpha value is 0.160. The van der Waals surface area contributed by atoms with Gasteiger partial charge in [-0.3, -0.25) is 0 Å². The fourth-order valence-electron chi connectivity index (χ4n) is 1.55. The molecule has 14 heavy (non-hydrogen) atoms. The highest BCUT2D eigenvalue weighted by molar-refractivity contribution is 7.90. The summed E-state index contributed by atoms with van der Waals surface area (Å²) in [7, 11) is -1.15. The molecular weight excluding hydrogens is 224 g/mol. The van der Waals surface area contributed by atoms with Gasteiger partial charge in [0, 0.05) is 6.54 Å². The smallest absolute Gasteiger partial charge is 0.225 e. The van der Waals surface area contributed by atoms with Crippen molar-refractivity contribution in [3.05, 3.63) is 0 Å². The van der Waals surface area contributed by atoms with Crippen molar-refractivity contribution < 1.29 is 8.42 Å². The van der Waals surface area contributed by atoms with Crippen molar-refractivity contribution in [1.29, 1.82) is 0 Å². The zero-order chi connectivity index (χ0) is 10.6. The van der Waals surface area contributed by atoms with E-state index in [1.54, 1.807) is 0 Å². The van der Waals surface area contributed by atoms with Crippen LogP contribution in [0.1, 0.15) is 12.8 Å². The van der Waals surface area contributed by atoms with Crippen LogP contribution >= 0.6 is 11.6 Å². The Morgan fingerprint density at radius 3 is 2.50 bits per heavy atom. The summed E-state index contributed by atoms with van der Waals surface area (Å²) in [6.45, 7) is 2.63. The Morgan fingerprint density at radius 2 is 2.00 bits per heavy atom. The number of hydrogen-bond donors (Lipinski definition) is 1. The SMILES string of the molecule is CN1CCC(CNS(=O)(=O)CCl)CC1. The maximum Gasteiger partial charge on any atom is 0.225 e. The van der Waals surface area contributed by atoms with Crippen LogP contribution in [0.25, 0.3) is 0 Å². The van der Waals surface area contributed by atoms with E-state index < -0.39 is 10.0 Å². The predicted molar refractivity (Wildman–Crippen MR) is 57.9 cm³/mol. The highest BCUT2D eigenvalue weighted by Gasteiger charge is 2.18. The van der Waals surface area contributed by atoms with Crippen LogP contribution in [-0.4, -0.2) is 45.2 Å². The lowest BCUT2D eigenvalue weighted by Crippen LogP contribution is -2.37. The lowest BCUT2D eigenvalue weighted by atomic mass is 9.98. The monoisotopic (exact) mass is 240 g/mol. The fraction of sp³-hybridized carbons (Fsp3) is 1.00. The molecule has 0 atom stereocenters. The molecule has 0 aromatic carbocycles. The molecule has 1 saturated heterocycles. The molecule has 4 nitrogen and oxygen atoms in total. The maximum absolute atomic E-state index is 11.1. The van der Waals surface area contributed by atoms with Crippen LogP contribution in [0.2, 0.25) is 0 Å². The van der Waals surface area contributed by atoms with Gasteiger partial charge >= 0.3 is 0 Å². The van der Waals surface area contributed by atoms with Crippen molar-refractivity contribution in [3.63, 3.8) is 0 Å². The second kappa shape index (κ2) is 5.30. The molecule has 0 amide bonds. The molecule has 6 heteroatoms. The zero-order valence-electron chi connectivity index (χ0n) is 8.37. The maximum atomic E-state index is 11.1. The molecule has 0 aromatic heterocycles. The van der Waals surface area contributed by atoms with Gasteiger partial charge in [0.1, 0.15) is 5.21 Å². The highest BCUT2D eigenvalue weighted by atomic mass is 35.5. The van der Waals surface area contributed by atoms with Crippen LogP contribution < -0.4 is 4.72 Å². The fourth-order valence-corrected chi connectivity index (χ4v) is 2.35. The van der Waals surface area contributed by atoms with Crippen LogP contribution in [-0.2, 0) is 10.0 Å². The first-order valence-corrected chi connectivity index (χ1v) is 6.94. The van der Waals surface area contributed by atoms with Gasteiger partial charge in [0.15, 0.2) is 0 Å². The Kier molecular flexibility index (Phi) is 4.63. The third-order valence-corrected chi connectivity index (χ3v) is 4.33. The van der Waals surface area contributed by atoms with E-state index in [1.165, 1.54) is 0 Å². The number of sulfonamides is 1. The topological polar surface area (TPSA) is 49.4 Å². The summed E-state index contributed by atoms with van der Waals surface area (Å²) in [6, 6.07) is 0. The molecule has 0 bridgehead atoms. The Morgan fingerprint density at radius 1 is 1.43 bits per heavy atom. The van der Waals surface area contributed by atoms with E-state index in [-0.39, 0.29) is 5.21 Å². The Balaban J connectivity index is 2.26. The summed E-state index contributed by atoms with van der Waals surface area (Å²) < 4.78 is 24.6. The van der Waals surface area contributed by atoms with E-state index in [4.69, 9.17) is 11.6 Å². The number of likely N-dealkylation sites (tertiary alicyclic amines) is 1. The number of halogens is 1. The summed E-state index contributed by atoms with van der Waals surface area (Å²) >= 11 is 5.28. The Labute approximate surface area is 90.7 Å². The molecule has 0 aliphatic carbocycles. The summed E-state index contributed by atoms with van der Waals surface area (Å²) in [5, 5.41) is -0.348. The molecule has 0 radical (unpaired) electrons. The summed E-state index contributed by atoms with van der Waals surface area (Å²) in [6.07, 6.45) is 2.11. The molecule has 1 aliphatic heterocycles. The minimum Gasteiger partial charge on any atom is -0.306 e. The highest BCUT2D eigenvalue weighted by Crippen LogP contribution is 2.14. The van der Waals surface area contributed by atoms with Crippen molar-refractivity contribution in [2.45, 2.75) is 12.8 Å². The van der Waals surface area contributed by atoms with Crippen molar-refractivity contribution in [2.24, 2.45) is 5.92 Å². The molecule has 1 N–H and O–H groups in total. The molecule has 1 fully saturated rings. The lowest BCUT2D eigenvalue weighted by Gasteiger charge is -2.28. The summed E-state index contributed by atoms with van der Waals surface area (Å²) in [5.74, 6) is 0.462. The lowest BCUT2D eigenvalue weighted by molar-refractivity contribution is 0.221. The second-order valence-corrected chi connectivity index (χ2v) is 6.21. The number of alkyl halides is 1. The van der Waals surface area contributed by atoms with E-state index in [0.717, 1.165) is 25.9 Å². The van der Waals surface area contributed by atoms with Gasteiger partial charge in [-0.2, -0.15) is 0 Å². The molecule has 0 spiro atoms.